The molecule has 0 aliphatic heterocycles. The molecule has 1 aliphatic carbocycles. The first-order chi connectivity index (χ1) is 15.0. The highest BCUT2D eigenvalue weighted by Crippen LogP contribution is 2.38. The lowest BCUT2D eigenvalue weighted by atomic mass is 10.2. The van der Waals surface area contributed by atoms with Crippen LogP contribution in [0.1, 0.15) is 46.2 Å². The maximum absolute atomic E-state index is 13.1. The molecule has 0 amide bonds. The molecule has 4 nitrogen and oxygen atoms in total. The zero-order valence-corrected chi connectivity index (χ0v) is 19.2. The van der Waals surface area contributed by atoms with Crippen LogP contribution in [-0.4, -0.2) is 25.7 Å². The second-order valence-corrected chi connectivity index (χ2v) is 9.58. The van der Waals surface area contributed by atoms with Gasteiger partial charge in [-0.15, -0.1) is 0 Å². The number of carbonyl (C=O) groups is 1. The summed E-state index contributed by atoms with van der Waals surface area (Å²) < 4.78 is 4.50. The number of ketones is 1. The quantitative estimate of drug-likeness (QED) is 0.240. The van der Waals surface area contributed by atoms with Crippen molar-refractivity contribution < 1.29 is 4.79 Å². The Morgan fingerprint density at radius 2 is 1.90 bits per heavy atom. The van der Waals surface area contributed by atoms with Gasteiger partial charge in [0.1, 0.15) is 0 Å². The molecular weight excluding hydrogens is 426 g/mol. The van der Waals surface area contributed by atoms with E-state index in [1.165, 1.54) is 35.9 Å². The fourth-order valence-electron chi connectivity index (χ4n) is 4.27. The van der Waals surface area contributed by atoms with Crippen molar-refractivity contribution in [3.05, 3.63) is 82.1 Å². The molecule has 1 saturated carbocycles. The molecule has 0 spiro atoms. The molecule has 6 heteroatoms. The van der Waals surface area contributed by atoms with Crippen LogP contribution < -0.4 is 0 Å². The average Bonchev–Trinajstić information content (AvgIpc) is 3.47. The topological polar surface area (TPSA) is 39.8 Å². The number of halogens is 1. The molecule has 5 rings (SSSR count). The van der Waals surface area contributed by atoms with Crippen molar-refractivity contribution in [2.24, 2.45) is 0 Å². The minimum absolute atomic E-state index is 0.154. The van der Waals surface area contributed by atoms with Gasteiger partial charge in [-0.1, -0.05) is 53.7 Å². The van der Waals surface area contributed by atoms with Crippen LogP contribution in [0.15, 0.2) is 59.8 Å². The largest absolute Gasteiger partial charge is 0.345 e. The summed E-state index contributed by atoms with van der Waals surface area (Å²) in [5, 5.41) is 1.50. The van der Waals surface area contributed by atoms with E-state index in [1.807, 2.05) is 42.5 Å². The molecule has 2 aromatic heterocycles. The monoisotopic (exact) mass is 449 g/mol. The van der Waals surface area contributed by atoms with Crippen LogP contribution in [0.3, 0.4) is 0 Å². The van der Waals surface area contributed by atoms with E-state index < -0.39 is 0 Å². The van der Waals surface area contributed by atoms with E-state index in [-0.39, 0.29) is 5.78 Å². The number of rotatable bonds is 7. The number of hydrogen-bond donors (Lipinski definition) is 0. The lowest BCUT2D eigenvalue weighted by Gasteiger charge is -2.09. The van der Waals surface area contributed by atoms with Gasteiger partial charge in [0, 0.05) is 28.0 Å². The van der Waals surface area contributed by atoms with Gasteiger partial charge in [-0.3, -0.25) is 4.79 Å². The second kappa shape index (κ2) is 8.21. The number of nitrogens with zero attached hydrogens (tertiary/aromatic N) is 3. The fraction of sp³-hybridized carbons (Fsp3) is 0.280. The lowest BCUT2D eigenvalue weighted by molar-refractivity contribution is 0.102. The molecular formula is C25H24ClN3OS. The van der Waals surface area contributed by atoms with Gasteiger partial charge in [-0.05, 0) is 56.5 Å². The van der Waals surface area contributed by atoms with Gasteiger partial charge in [0.05, 0.1) is 23.3 Å². The Hall–Kier alpha value is -2.50. The molecule has 0 radical (unpaired) electrons. The summed E-state index contributed by atoms with van der Waals surface area (Å²) in [7, 11) is 0. The highest BCUT2D eigenvalue weighted by Gasteiger charge is 2.28. The van der Waals surface area contributed by atoms with Crippen molar-refractivity contribution in [3.63, 3.8) is 0 Å². The van der Waals surface area contributed by atoms with Crippen LogP contribution in [0, 0.1) is 13.8 Å². The number of aromatic nitrogens is 3. The molecule has 2 heterocycles. The molecule has 0 bridgehead atoms. The molecule has 31 heavy (non-hydrogen) atoms. The summed E-state index contributed by atoms with van der Waals surface area (Å²) in [6.07, 6.45) is 2.43. The Morgan fingerprint density at radius 3 is 2.65 bits per heavy atom. The number of Topliss-reactive ketones (excluding diaryl/α,β-unsaturated/α-hetero) is 1. The van der Waals surface area contributed by atoms with Crippen LogP contribution in [0.4, 0.5) is 0 Å². The summed E-state index contributed by atoms with van der Waals surface area (Å²) >= 11 is 7.70. The molecule has 0 atom stereocenters. The van der Waals surface area contributed by atoms with Gasteiger partial charge < -0.3 is 9.13 Å². The van der Waals surface area contributed by atoms with Crippen LogP contribution in [0.25, 0.3) is 11.0 Å². The summed E-state index contributed by atoms with van der Waals surface area (Å²) in [6, 6.07) is 18.7. The van der Waals surface area contributed by atoms with E-state index in [1.54, 1.807) is 0 Å². The van der Waals surface area contributed by atoms with E-state index in [9.17, 15) is 4.79 Å². The van der Waals surface area contributed by atoms with Crippen LogP contribution >= 0.6 is 23.4 Å². The van der Waals surface area contributed by atoms with E-state index in [0.29, 0.717) is 23.4 Å². The predicted octanol–water partition coefficient (Wildman–Crippen LogP) is 6.47. The molecule has 1 aliphatic rings. The zero-order valence-electron chi connectivity index (χ0n) is 17.6. The van der Waals surface area contributed by atoms with Gasteiger partial charge in [-0.2, -0.15) is 0 Å². The van der Waals surface area contributed by atoms with Gasteiger partial charge in [0.15, 0.2) is 10.9 Å². The van der Waals surface area contributed by atoms with Crippen LogP contribution in [0.2, 0.25) is 5.02 Å². The van der Waals surface area contributed by atoms with E-state index in [0.717, 1.165) is 27.4 Å². The van der Waals surface area contributed by atoms with Gasteiger partial charge in [0.25, 0.3) is 0 Å². The third kappa shape index (κ3) is 4.04. The molecule has 1 fully saturated rings. The smallest absolute Gasteiger partial charge is 0.175 e. The number of imidazole rings is 1. The van der Waals surface area contributed by atoms with E-state index in [4.69, 9.17) is 16.6 Å². The number of fused-ring (bicyclic) bond motifs is 1. The molecule has 158 valence electrons. The first-order valence-corrected chi connectivity index (χ1v) is 11.9. The maximum Gasteiger partial charge on any atom is 0.175 e. The van der Waals surface area contributed by atoms with Gasteiger partial charge >= 0.3 is 0 Å². The predicted molar refractivity (Wildman–Crippen MR) is 128 cm³/mol. The van der Waals surface area contributed by atoms with Gasteiger partial charge in [0.2, 0.25) is 0 Å². The summed E-state index contributed by atoms with van der Waals surface area (Å²) in [6.45, 7) is 4.86. The summed E-state index contributed by atoms with van der Waals surface area (Å²) in [5.74, 6) is 0.516. The van der Waals surface area contributed by atoms with E-state index in [2.05, 4.69) is 35.1 Å². The Bertz CT molecular complexity index is 1270. The third-order valence-corrected chi connectivity index (χ3v) is 7.10. The number of benzene rings is 2. The highest BCUT2D eigenvalue weighted by atomic mass is 35.5. The average molecular weight is 450 g/mol. The Kier molecular flexibility index (Phi) is 5.40. The summed E-state index contributed by atoms with van der Waals surface area (Å²) in [4.78, 5) is 17.9. The van der Waals surface area contributed by atoms with E-state index >= 15 is 0 Å². The zero-order chi connectivity index (χ0) is 21.5. The number of hydrogen-bond acceptors (Lipinski definition) is 3. The molecule has 2 aromatic carbocycles. The summed E-state index contributed by atoms with van der Waals surface area (Å²) in [5.41, 5.74) is 6.18. The molecule has 4 aromatic rings. The van der Waals surface area contributed by atoms with Crippen LogP contribution in [-0.2, 0) is 6.54 Å². The fourth-order valence-corrected chi connectivity index (χ4v) is 5.34. The Balaban J connectivity index is 1.43. The van der Waals surface area contributed by atoms with Crippen molar-refractivity contribution in [2.75, 3.05) is 5.75 Å². The van der Waals surface area contributed by atoms with Crippen molar-refractivity contribution in [3.8, 4) is 0 Å². The lowest BCUT2D eigenvalue weighted by Crippen LogP contribution is -2.07. The minimum atomic E-state index is 0.154. The molecule has 0 unspecified atom stereocenters. The van der Waals surface area contributed by atoms with Crippen molar-refractivity contribution in [1.82, 2.24) is 14.1 Å². The number of thioether (sulfide) groups is 1. The number of carbonyl (C=O) groups excluding carboxylic acids is 1. The Labute approximate surface area is 191 Å². The first kappa shape index (κ1) is 20.4. The molecule has 0 N–H and O–H groups in total. The SMILES string of the molecule is Cc1cc(C(=O)CSc2nc3cc(Cl)ccc3n2Cc2ccccc2)c(C)n1C1CC1. The second-order valence-electron chi connectivity index (χ2n) is 8.20. The third-order valence-electron chi connectivity index (χ3n) is 5.89. The minimum Gasteiger partial charge on any atom is -0.345 e. The first-order valence-electron chi connectivity index (χ1n) is 10.6. The van der Waals surface area contributed by atoms with Crippen LogP contribution in [0.5, 0.6) is 0 Å². The maximum atomic E-state index is 13.1. The Morgan fingerprint density at radius 1 is 1.13 bits per heavy atom. The normalized spacial score (nSPS) is 13.8. The van der Waals surface area contributed by atoms with Gasteiger partial charge in [-0.25, -0.2) is 4.98 Å². The van der Waals surface area contributed by atoms with Crippen molar-refractivity contribution in [2.45, 2.75) is 44.4 Å². The number of aryl methyl sites for hydroxylation is 1. The molecule has 0 saturated heterocycles. The standard InChI is InChI=1S/C25H24ClN3OS/c1-16-12-21(17(2)29(16)20-9-10-20)24(30)15-31-25-27-22-13-19(26)8-11-23(22)28(25)14-18-6-4-3-5-7-18/h3-8,11-13,20H,9-10,14-15H2,1-2H3. The van der Waals surface area contributed by atoms with Crippen molar-refractivity contribution >= 4 is 40.2 Å². The van der Waals surface area contributed by atoms with Crippen molar-refractivity contribution in [1.29, 1.82) is 0 Å². The highest BCUT2D eigenvalue weighted by molar-refractivity contribution is 7.99.